The minimum Gasteiger partial charge on any atom is -0.498 e. The molecule has 0 aromatic rings. The van der Waals surface area contributed by atoms with Gasteiger partial charge >= 0.3 is 0 Å². The van der Waals surface area contributed by atoms with E-state index in [1.165, 1.54) is 5.37 Å². The van der Waals surface area contributed by atoms with Gasteiger partial charge in [0.15, 0.2) is 5.17 Å². The summed E-state index contributed by atoms with van der Waals surface area (Å²) in [5, 5.41) is 9.82. The molecule has 0 saturated heterocycles. The molecule has 0 saturated carbocycles. The van der Waals surface area contributed by atoms with Gasteiger partial charge < -0.3 is 4.74 Å². The van der Waals surface area contributed by atoms with Crippen LogP contribution in [0.25, 0.3) is 0 Å². The van der Waals surface area contributed by atoms with E-state index < -0.39 is 10.3 Å². The molecular weight excluding hydrogens is 322 g/mol. The molecule has 122 valence electrons. The van der Waals surface area contributed by atoms with E-state index in [1.54, 1.807) is 25.1 Å². The monoisotopic (exact) mass is 343 g/mol. The van der Waals surface area contributed by atoms with Crippen molar-refractivity contribution in [2.24, 2.45) is 10.1 Å². The van der Waals surface area contributed by atoms with Crippen LogP contribution in [-0.4, -0.2) is 42.7 Å². The molecule has 0 N–H and O–H groups in total. The third-order valence-electron chi connectivity index (χ3n) is 3.40. The van der Waals surface area contributed by atoms with Crippen molar-refractivity contribution >= 4 is 37.6 Å². The molecule has 0 aromatic carbocycles. The van der Waals surface area contributed by atoms with Gasteiger partial charge in [0.25, 0.3) is 0 Å². The van der Waals surface area contributed by atoms with Crippen LogP contribution in [0, 0.1) is 0 Å². The third-order valence-corrected chi connectivity index (χ3v) is 4.93. The highest BCUT2D eigenvalue weighted by Gasteiger charge is 2.25. The van der Waals surface area contributed by atoms with Crippen molar-refractivity contribution in [2.45, 2.75) is 44.9 Å². The molecule has 2 aliphatic rings. The Morgan fingerprint density at radius 1 is 1.32 bits per heavy atom. The van der Waals surface area contributed by atoms with Crippen molar-refractivity contribution in [3.05, 3.63) is 12.0 Å². The second-order valence-corrected chi connectivity index (χ2v) is 6.99. The summed E-state index contributed by atoms with van der Waals surface area (Å²) in [5.74, 6) is 0.824. The first-order valence-corrected chi connectivity index (χ1v) is 9.39. The second-order valence-electron chi connectivity index (χ2n) is 5.10. The van der Waals surface area contributed by atoms with E-state index in [4.69, 9.17) is 4.74 Å². The number of nitrogens with zero attached hydrogens (tertiary/aromatic N) is 3. The molecule has 2 aliphatic heterocycles. The summed E-state index contributed by atoms with van der Waals surface area (Å²) in [5.41, 5.74) is 0. The highest BCUT2D eigenvalue weighted by atomic mass is 32.2. The summed E-state index contributed by atoms with van der Waals surface area (Å²) >= 11 is 1.63. The summed E-state index contributed by atoms with van der Waals surface area (Å²) in [7, 11) is -0.360. The van der Waals surface area contributed by atoms with E-state index in [0.29, 0.717) is 13.0 Å². The highest BCUT2D eigenvalue weighted by molar-refractivity contribution is 8.26. The Balaban J connectivity index is 1.59. The van der Waals surface area contributed by atoms with E-state index in [1.807, 2.05) is 5.01 Å². The van der Waals surface area contributed by atoms with Gasteiger partial charge in [-0.15, -0.1) is 0 Å². The zero-order chi connectivity index (χ0) is 15.8. The summed E-state index contributed by atoms with van der Waals surface area (Å²) < 4.78 is 25.9. The van der Waals surface area contributed by atoms with Crippen LogP contribution in [0.5, 0.6) is 0 Å². The Morgan fingerprint density at radius 3 is 2.86 bits per heavy atom. The maximum atomic E-state index is 10.3. The number of rotatable bonds is 9. The molecule has 0 radical (unpaired) electrons. The lowest BCUT2D eigenvalue weighted by Crippen LogP contribution is -2.25. The Bertz CT molecular complexity index is 601. The van der Waals surface area contributed by atoms with Crippen molar-refractivity contribution in [2.75, 3.05) is 13.7 Å². The number of hydrazone groups is 1. The zero-order valence-electron chi connectivity index (χ0n) is 12.7. The van der Waals surface area contributed by atoms with Crippen molar-refractivity contribution in [1.82, 2.24) is 5.01 Å². The molecular formula is C14H21N3O3S2. The lowest BCUT2D eigenvalue weighted by molar-refractivity contribution is 0.253. The molecule has 0 unspecified atom stereocenters. The van der Waals surface area contributed by atoms with Crippen LogP contribution in [0.2, 0.25) is 0 Å². The summed E-state index contributed by atoms with van der Waals surface area (Å²) in [4.78, 5) is 4.34. The van der Waals surface area contributed by atoms with Gasteiger partial charge in [0, 0.05) is 5.37 Å². The maximum Gasteiger partial charge on any atom is 0.209 e. The fourth-order valence-electron chi connectivity index (χ4n) is 2.22. The summed E-state index contributed by atoms with van der Waals surface area (Å²) in [6, 6.07) is 0. The van der Waals surface area contributed by atoms with Crippen molar-refractivity contribution in [3.8, 4) is 0 Å². The van der Waals surface area contributed by atoms with Crippen molar-refractivity contribution < 1.29 is 13.2 Å². The molecule has 0 bridgehead atoms. The van der Waals surface area contributed by atoms with E-state index in [2.05, 4.69) is 10.1 Å². The van der Waals surface area contributed by atoms with Crippen LogP contribution in [0.3, 0.4) is 0 Å². The molecule has 2 rings (SSSR count). The smallest absolute Gasteiger partial charge is 0.209 e. The molecule has 0 aromatic heterocycles. The lowest BCUT2D eigenvalue weighted by atomic mass is 10.1. The standard InChI is InChI=1S/C14H21N3O3S2/c1-20-12-10-15-14-17(11-12)16-13(21-14)8-6-4-2-3-5-7-9-22(18)19/h9-10H,2-8,11H2,1H3. The molecule has 22 heavy (non-hydrogen) atoms. The van der Waals surface area contributed by atoms with E-state index in [0.717, 1.165) is 54.5 Å². The van der Waals surface area contributed by atoms with Gasteiger partial charge in [0.2, 0.25) is 10.3 Å². The zero-order valence-corrected chi connectivity index (χ0v) is 14.3. The third kappa shape index (κ3) is 5.49. The van der Waals surface area contributed by atoms with Crippen LogP contribution in [0.15, 0.2) is 22.1 Å². The molecule has 0 aliphatic carbocycles. The quantitative estimate of drug-likeness (QED) is 0.475. The first kappa shape index (κ1) is 17.1. The van der Waals surface area contributed by atoms with Gasteiger partial charge in [-0.05, 0) is 37.4 Å². The molecule has 6 nitrogen and oxygen atoms in total. The van der Waals surface area contributed by atoms with Crippen LogP contribution >= 0.6 is 11.8 Å². The Hall–Kier alpha value is -1.28. The largest absolute Gasteiger partial charge is 0.498 e. The fraction of sp³-hybridized carbons (Fsp3) is 0.643. The average molecular weight is 343 g/mol. The number of aliphatic imine (C=N–C) groups is 1. The van der Waals surface area contributed by atoms with Gasteiger partial charge in [-0.25, -0.2) is 10.0 Å². The van der Waals surface area contributed by atoms with Gasteiger partial charge in [-0.3, -0.25) is 0 Å². The van der Waals surface area contributed by atoms with Gasteiger partial charge in [0.05, 0.1) is 13.3 Å². The number of fused-ring (bicyclic) bond motifs is 1. The van der Waals surface area contributed by atoms with E-state index in [-0.39, 0.29) is 0 Å². The second kappa shape index (κ2) is 8.99. The van der Waals surface area contributed by atoms with Crippen molar-refractivity contribution in [3.63, 3.8) is 0 Å². The fourth-order valence-corrected chi connectivity index (χ4v) is 3.49. The van der Waals surface area contributed by atoms with Gasteiger partial charge in [-0.2, -0.15) is 13.5 Å². The molecule has 0 atom stereocenters. The van der Waals surface area contributed by atoms with E-state index >= 15 is 0 Å². The number of methoxy groups -OCH3 is 1. The predicted octanol–water partition coefficient (Wildman–Crippen LogP) is 2.62. The first-order chi connectivity index (χ1) is 10.7. The van der Waals surface area contributed by atoms with Gasteiger partial charge in [-0.1, -0.05) is 19.3 Å². The van der Waals surface area contributed by atoms with Crippen molar-refractivity contribution in [1.29, 1.82) is 0 Å². The number of thioether (sulfide) groups is 1. The van der Waals surface area contributed by atoms with Crippen LogP contribution < -0.4 is 0 Å². The normalized spacial score (nSPS) is 16.6. The molecule has 2 heterocycles. The summed E-state index contributed by atoms with van der Waals surface area (Å²) in [6.45, 7) is 0.656. The number of unbranched alkanes of at least 4 members (excludes halogenated alkanes) is 5. The Kier molecular flexibility index (Phi) is 6.98. The molecule has 8 heteroatoms. The molecule has 0 spiro atoms. The van der Waals surface area contributed by atoms with Gasteiger partial charge in [0.1, 0.15) is 17.3 Å². The predicted molar refractivity (Wildman–Crippen MR) is 91.6 cm³/mol. The SMILES string of the molecule is COC1=CN=C2SC(CCCCCCCC=S(=O)=O)=NN2C1. The number of amidine groups is 1. The minimum atomic E-state index is -2.01. The van der Waals surface area contributed by atoms with Crippen LogP contribution in [0.4, 0.5) is 0 Å². The lowest BCUT2D eigenvalue weighted by Gasteiger charge is -2.18. The topological polar surface area (TPSA) is 71.3 Å². The Labute approximate surface area is 136 Å². The summed E-state index contributed by atoms with van der Waals surface area (Å²) in [6.07, 6.45) is 8.79. The maximum absolute atomic E-state index is 10.3. The number of hydrogen-bond donors (Lipinski definition) is 0. The average Bonchev–Trinajstić information content (AvgIpc) is 2.91. The van der Waals surface area contributed by atoms with E-state index in [9.17, 15) is 8.42 Å². The Morgan fingerprint density at radius 2 is 2.09 bits per heavy atom. The molecule has 0 amide bonds. The first-order valence-electron chi connectivity index (χ1n) is 7.44. The number of hydrogen-bond acceptors (Lipinski definition) is 7. The molecule has 0 fully saturated rings. The highest BCUT2D eigenvalue weighted by Crippen LogP contribution is 2.27. The van der Waals surface area contributed by atoms with Crippen LogP contribution in [0.1, 0.15) is 44.9 Å². The number of ether oxygens (including phenoxy) is 1. The van der Waals surface area contributed by atoms with Crippen LogP contribution in [-0.2, 0) is 15.0 Å². The minimum absolute atomic E-state index is 0.655.